The van der Waals surface area contributed by atoms with E-state index in [4.69, 9.17) is 9.84 Å². The van der Waals surface area contributed by atoms with Crippen molar-refractivity contribution in [2.24, 2.45) is 0 Å². The van der Waals surface area contributed by atoms with Gasteiger partial charge in [0.1, 0.15) is 12.3 Å². The van der Waals surface area contributed by atoms with Gasteiger partial charge in [-0.05, 0) is 32.0 Å². The lowest BCUT2D eigenvalue weighted by atomic mass is 10.0. The maximum atomic E-state index is 12.4. The summed E-state index contributed by atoms with van der Waals surface area (Å²) < 4.78 is 5.58. The van der Waals surface area contributed by atoms with E-state index < -0.39 is 11.6 Å². The molecule has 0 aliphatic carbocycles. The zero-order valence-electron chi connectivity index (χ0n) is 12.0. The standard InChI is InChI=1S/C14H16N2O5/c1-14(2)13(20)16(7-11(17)15-3)9-5-4-8(12(18)19)6-10(9)21-14/h4-6H,7H2,1-3H3,(H,15,17)(H,18,19). The molecule has 1 aromatic carbocycles. The van der Waals surface area contributed by atoms with Gasteiger partial charge in [0.2, 0.25) is 5.91 Å². The summed E-state index contributed by atoms with van der Waals surface area (Å²) in [6.07, 6.45) is 0. The predicted octanol–water partition coefficient (Wildman–Crippen LogP) is 0.635. The maximum Gasteiger partial charge on any atom is 0.335 e. The minimum atomic E-state index is -1.17. The van der Waals surface area contributed by atoms with Crippen LogP contribution in [0.15, 0.2) is 18.2 Å². The number of nitrogens with zero attached hydrogens (tertiary/aromatic N) is 1. The monoisotopic (exact) mass is 292 g/mol. The molecule has 0 unspecified atom stereocenters. The van der Waals surface area contributed by atoms with Crippen LogP contribution in [0.2, 0.25) is 0 Å². The smallest absolute Gasteiger partial charge is 0.335 e. The number of carbonyl (C=O) groups excluding carboxylic acids is 2. The number of likely N-dealkylation sites (N-methyl/N-ethyl adjacent to an activating group) is 1. The van der Waals surface area contributed by atoms with Crippen molar-refractivity contribution in [3.05, 3.63) is 23.8 Å². The van der Waals surface area contributed by atoms with E-state index in [0.29, 0.717) is 5.69 Å². The fraction of sp³-hybridized carbons (Fsp3) is 0.357. The highest BCUT2D eigenvalue weighted by Gasteiger charge is 2.41. The molecule has 0 saturated carbocycles. The third kappa shape index (κ3) is 2.67. The minimum Gasteiger partial charge on any atom is -0.478 e. The molecule has 2 amide bonds. The maximum absolute atomic E-state index is 12.4. The number of rotatable bonds is 3. The highest BCUT2D eigenvalue weighted by molar-refractivity contribution is 6.06. The van der Waals surface area contributed by atoms with Crippen molar-refractivity contribution in [1.29, 1.82) is 0 Å². The summed E-state index contributed by atoms with van der Waals surface area (Å²) in [7, 11) is 1.48. The Hall–Kier alpha value is -2.57. The number of anilines is 1. The highest BCUT2D eigenvalue weighted by atomic mass is 16.5. The summed E-state index contributed by atoms with van der Waals surface area (Å²) in [5.74, 6) is -1.51. The average Bonchev–Trinajstić information content (AvgIpc) is 2.42. The Kier molecular flexibility index (Phi) is 3.59. The average molecular weight is 292 g/mol. The zero-order chi connectivity index (χ0) is 15.8. The number of carbonyl (C=O) groups is 3. The number of ether oxygens (including phenoxy) is 1. The number of amides is 2. The van der Waals surface area contributed by atoms with Gasteiger partial charge in [0.25, 0.3) is 5.91 Å². The summed E-state index contributed by atoms with van der Waals surface area (Å²) >= 11 is 0. The Balaban J connectivity index is 2.50. The molecule has 2 rings (SSSR count). The van der Waals surface area contributed by atoms with Crippen LogP contribution in [0.4, 0.5) is 5.69 Å². The Bertz CT molecular complexity index is 624. The van der Waals surface area contributed by atoms with Crippen molar-refractivity contribution in [1.82, 2.24) is 5.32 Å². The first-order valence-electron chi connectivity index (χ1n) is 6.35. The third-order valence-corrected chi connectivity index (χ3v) is 3.20. The van der Waals surface area contributed by atoms with E-state index in [9.17, 15) is 14.4 Å². The van der Waals surface area contributed by atoms with Gasteiger partial charge in [-0.1, -0.05) is 0 Å². The molecule has 0 fully saturated rings. The summed E-state index contributed by atoms with van der Waals surface area (Å²) in [5.41, 5.74) is -0.732. The molecule has 1 aromatic rings. The van der Waals surface area contributed by atoms with Gasteiger partial charge in [0.05, 0.1) is 11.3 Å². The van der Waals surface area contributed by atoms with Gasteiger partial charge in [-0.2, -0.15) is 0 Å². The SMILES string of the molecule is CNC(=O)CN1C(=O)C(C)(C)Oc2cc(C(=O)O)ccc21. The lowest BCUT2D eigenvalue weighted by Gasteiger charge is -2.38. The number of carboxylic acids is 1. The predicted molar refractivity (Wildman–Crippen MR) is 74.5 cm³/mol. The molecule has 1 aliphatic heterocycles. The Morgan fingerprint density at radius 1 is 1.38 bits per heavy atom. The van der Waals surface area contributed by atoms with Crippen molar-refractivity contribution >= 4 is 23.5 Å². The van der Waals surface area contributed by atoms with Crippen molar-refractivity contribution < 1.29 is 24.2 Å². The summed E-state index contributed by atoms with van der Waals surface area (Å²) in [6, 6.07) is 4.19. The van der Waals surface area contributed by atoms with Gasteiger partial charge < -0.3 is 15.2 Å². The van der Waals surface area contributed by atoms with E-state index in [1.807, 2.05) is 0 Å². The minimum absolute atomic E-state index is 0.0544. The van der Waals surface area contributed by atoms with Crippen molar-refractivity contribution in [3.63, 3.8) is 0 Å². The molecule has 112 valence electrons. The third-order valence-electron chi connectivity index (χ3n) is 3.20. The van der Waals surface area contributed by atoms with Gasteiger partial charge in [0, 0.05) is 7.05 Å². The summed E-state index contributed by atoms with van der Waals surface area (Å²) in [5, 5.41) is 11.5. The van der Waals surface area contributed by atoms with Gasteiger partial charge in [-0.3, -0.25) is 14.5 Å². The number of nitrogens with one attached hydrogen (secondary N) is 1. The van der Waals surface area contributed by atoms with Gasteiger partial charge in [-0.15, -0.1) is 0 Å². The van der Waals surface area contributed by atoms with Crippen molar-refractivity contribution in [2.75, 3.05) is 18.5 Å². The van der Waals surface area contributed by atoms with Gasteiger partial charge in [0.15, 0.2) is 5.60 Å². The van der Waals surface area contributed by atoms with Crippen LogP contribution < -0.4 is 15.0 Å². The highest BCUT2D eigenvalue weighted by Crippen LogP contribution is 2.38. The van der Waals surface area contributed by atoms with E-state index in [0.717, 1.165) is 0 Å². The second-order valence-corrected chi connectivity index (χ2v) is 5.16. The van der Waals surface area contributed by atoms with Crippen LogP contribution in [0.3, 0.4) is 0 Å². The van der Waals surface area contributed by atoms with Crippen LogP contribution in [0.1, 0.15) is 24.2 Å². The topological polar surface area (TPSA) is 95.9 Å². The lowest BCUT2D eigenvalue weighted by Crippen LogP contribution is -2.54. The van der Waals surface area contributed by atoms with Crippen LogP contribution in [0.25, 0.3) is 0 Å². The van der Waals surface area contributed by atoms with Gasteiger partial charge in [-0.25, -0.2) is 4.79 Å². The van der Waals surface area contributed by atoms with E-state index in [-0.39, 0.29) is 29.7 Å². The molecule has 0 radical (unpaired) electrons. The molecule has 0 spiro atoms. The van der Waals surface area contributed by atoms with Gasteiger partial charge >= 0.3 is 5.97 Å². The van der Waals surface area contributed by atoms with Crippen LogP contribution in [-0.2, 0) is 9.59 Å². The first-order valence-corrected chi connectivity index (χ1v) is 6.35. The number of fused-ring (bicyclic) bond motifs is 1. The molecule has 0 bridgehead atoms. The normalized spacial score (nSPS) is 16.0. The first kappa shape index (κ1) is 14.8. The molecule has 21 heavy (non-hydrogen) atoms. The molecule has 1 aliphatic rings. The number of hydrogen-bond acceptors (Lipinski definition) is 4. The second-order valence-electron chi connectivity index (χ2n) is 5.16. The number of benzene rings is 1. The summed E-state index contributed by atoms with van der Waals surface area (Å²) in [6.45, 7) is 2.99. The molecule has 1 heterocycles. The molecule has 7 nitrogen and oxygen atoms in total. The fourth-order valence-corrected chi connectivity index (χ4v) is 2.08. The van der Waals surface area contributed by atoms with Crippen molar-refractivity contribution in [2.45, 2.75) is 19.4 Å². The molecular weight excluding hydrogens is 276 g/mol. The fourth-order valence-electron chi connectivity index (χ4n) is 2.08. The van der Waals surface area contributed by atoms with Crippen molar-refractivity contribution in [3.8, 4) is 5.75 Å². The first-order chi connectivity index (χ1) is 9.76. The Morgan fingerprint density at radius 3 is 2.62 bits per heavy atom. The number of aromatic carboxylic acids is 1. The Morgan fingerprint density at radius 2 is 2.05 bits per heavy atom. The molecular formula is C14H16N2O5. The van der Waals surface area contributed by atoms with E-state index in [1.54, 1.807) is 13.8 Å². The van der Waals surface area contributed by atoms with E-state index in [1.165, 1.54) is 30.1 Å². The molecule has 0 saturated heterocycles. The molecule has 0 atom stereocenters. The second kappa shape index (κ2) is 5.08. The zero-order valence-corrected chi connectivity index (χ0v) is 12.0. The van der Waals surface area contributed by atoms with Crippen LogP contribution in [-0.4, -0.2) is 42.1 Å². The molecule has 2 N–H and O–H groups in total. The van der Waals surface area contributed by atoms with Crippen LogP contribution >= 0.6 is 0 Å². The Labute approximate surface area is 121 Å². The van der Waals surface area contributed by atoms with Crippen LogP contribution in [0.5, 0.6) is 5.75 Å². The van der Waals surface area contributed by atoms with Crippen LogP contribution in [0, 0.1) is 0 Å². The quantitative estimate of drug-likeness (QED) is 0.852. The largest absolute Gasteiger partial charge is 0.478 e. The summed E-state index contributed by atoms with van der Waals surface area (Å²) in [4.78, 5) is 36.3. The number of carboxylic acid groups (broad SMARTS) is 1. The lowest BCUT2D eigenvalue weighted by molar-refractivity contribution is -0.134. The molecule has 7 heteroatoms. The number of hydrogen-bond donors (Lipinski definition) is 2. The van der Waals surface area contributed by atoms with E-state index in [2.05, 4.69) is 5.32 Å². The molecule has 0 aromatic heterocycles. The van der Waals surface area contributed by atoms with E-state index >= 15 is 0 Å².